The number of anilines is 1. The fraction of sp³-hybridized carbons (Fsp3) is 0.450. The fourth-order valence-corrected chi connectivity index (χ4v) is 3.06. The Bertz CT molecular complexity index is 734. The van der Waals surface area contributed by atoms with Gasteiger partial charge in [-0.25, -0.2) is 14.8 Å². The molecule has 8 nitrogen and oxygen atoms in total. The average Bonchev–Trinajstić information content (AvgIpc) is 2.73. The number of amides is 2. The quantitative estimate of drug-likeness (QED) is 0.668. The monoisotopic (exact) mass is 384 g/mol. The van der Waals surface area contributed by atoms with Gasteiger partial charge in [-0.05, 0) is 24.6 Å². The zero-order valence-corrected chi connectivity index (χ0v) is 16.3. The molecule has 0 unspecified atom stereocenters. The summed E-state index contributed by atoms with van der Waals surface area (Å²) in [4.78, 5) is 25.0. The van der Waals surface area contributed by atoms with Crippen molar-refractivity contribution in [1.29, 1.82) is 0 Å². The number of aromatic nitrogens is 2. The highest BCUT2D eigenvalue weighted by atomic mass is 16.5. The van der Waals surface area contributed by atoms with Crippen molar-refractivity contribution in [2.24, 2.45) is 0 Å². The summed E-state index contributed by atoms with van der Waals surface area (Å²) >= 11 is 0. The summed E-state index contributed by atoms with van der Waals surface area (Å²) in [6, 6.07) is 9.51. The van der Waals surface area contributed by atoms with Gasteiger partial charge in [0, 0.05) is 51.7 Å². The van der Waals surface area contributed by atoms with Gasteiger partial charge >= 0.3 is 6.03 Å². The van der Waals surface area contributed by atoms with Gasteiger partial charge in [-0.15, -0.1) is 0 Å². The molecular weight excluding hydrogens is 356 g/mol. The largest absolute Gasteiger partial charge is 0.491 e. The van der Waals surface area contributed by atoms with Crippen LogP contribution in [0, 0.1) is 6.92 Å². The molecule has 0 bridgehead atoms. The fourth-order valence-electron chi connectivity index (χ4n) is 3.06. The van der Waals surface area contributed by atoms with Gasteiger partial charge in [-0.2, -0.15) is 0 Å². The lowest BCUT2D eigenvalue weighted by atomic mass is 10.2. The summed E-state index contributed by atoms with van der Waals surface area (Å²) in [5.41, 5.74) is 1.09. The summed E-state index contributed by atoms with van der Waals surface area (Å²) in [6.07, 6.45) is 3.53. The van der Waals surface area contributed by atoms with Crippen molar-refractivity contribution >= 4 is 12.0 Å². The van der Waals surface area contributed by atoms with Gasteiger partial charge in [0.2, 0.25) is 5.95 Å². The molecule has 150 valence electrons. The van der Waals surface area contributed by atoms with Crippen molar-refractivity contribution in [2.75, 3.05) is 57.3 Å². The minimum Gasteiger partial charge on any atom is -0.491 e. The van der Waals surface area contributed by atoms with E-state index < -0.39 is 0 Å². The third kappa shape index (κ3) is 6.09. The van der Waals surface area contributed by atoms with Crippen LogP contribution in [0.4, 0.5) is 10.7 Å². The van der Waals surface area contributed by atoms with Crippen molar-refractivity contribution in [3.8, 4) is 5.75 Å². The van der Waals surface area contributed by atoms with Gasteiger partial charge < -0.3 is 20.3 Å². The highest BCUT2D eigenvalue weighted by Gasteiger charge is 2.18. The second kappa shape index (κ2) is 10.5. The van der Waals surface area contributed by atoms with Crippen molar-refractivity contribution < 1.29 is 9.53 Å². The second-order valence-electron chi connectivity index (χ2n) is 6.67. The van der Waals surface area contributed by atoms with E-state index in [0.717, 1.165) is 50.0 Å². The predicted molar refractivity (Wildman–Crippen MR) is 109 cm³/mol. The first-order chi connectivity index (χ1) is 13.7. The van der Waals surface area contributed by atoms with Crippen LogP contribution in [0.5, 0.6) is 5.75 Å². The van der Waals surface area contributed by atoms with Crippen LogP contribution in [0.3, 0.4) is 0 Å². The molecule has 0 aliphatic carbocycles. The first kappa shape index (κ1) is 19.9. The van der Waals surface area contributed by atoms with Gasteiger partial charge in [-0.1, -0.05) is 18.2 Å². The summed E-state index contributed by atoms with van der Waals surface area (Å²) in [7, 11) is 0. The number of rotatable bonds is 8. The number of nitrogens with zero attached hydrogens (tertiary/aromatic N) is 4. The molecular formula is C20H28N6O2. The van der Waals surface area contributed by atoms with Gasteiger partial charge in [0.15, 0.2) is 0 Å². The summed E-state index contributed by atoms with van der Waals surface area (Å²) in [5.74, 6) is 1.64. The zero-order chi connectivity index (χ0) is 19.6. The minimum absolute atomic E-state index is 0.162. The number of carbonyl (C=O) groups excluding carboxylic acids is 1. The lowest BCUT2D eigenvalue weighted by molar-refractivity contribution is 0.228. The van der Waals surface area contributed by atoms with E-state index in [2.05, 4.69) is 30.4 Å². The molecule has 1 aromatic heterocycles. The van der Waals surface area contributed by atoms with Gasteiger partial charge in [0.05, 0.1) is 6.54 Å². The number of benzene rings is 1. The number of piperazine rings is 1. The molecule has 2 heterocycles. The van der Waals surface area contributed by atoms with E-state index in [1.165, 1.54) is 0 Å². The maximum atomic E-state index is 11.9. The molecule has 28 heavy (non-hydrogen) atoms. The SMILES string of the molecule is Cc1ccccc1OCCNC(=O)NCCN1CCN(c2ncccn2)CC1. The average molecular weight is 384 g/mol. The zero-order valence-electron chi connectivity index (χ0n) is 16.3. The van der Waals surface area contributed by atoms with Crippen LogP contribution in [0.25, 0.3) is 0 Å². The Hall–Kier alpha value is -2.87. The third-order valence-electron chi connectivity index (χ3n) is 4.66. The molecule has 1 aromatic carbocycles. The van der Waals surface area contributed by atoms with E-state index in [1.807, 2.05) is 37.3 Å². The van der Waals surface area contributed by atoms with Gasteiger partial charge in [0.25, 0.3) is 0 Å². The Morgan fingerprint density at radius 3 is 2.50 bits per heavy atom. The summed E-state index contributed by atoms with van der Waals surface area (Å²) < 4.78 is 5.67. The first-order valence-corrected chi connectivity index (χ1v) is 9.67. The molecule has 2 aromatic rings. The number of para-hydroxylation sites is 1. The van der Waals surface area contributed by atoms with E-state index in [4.69, 9.17) is 4.74 Å². The molecule has 8 heteroatoms. The third-order valence-corrected chi connectivity index (χ3v) is 4.66. The van der Waals surface area contributed by atoms with Crippen molar-refractivity contribution in [3.63, 3.8) is 0 Å². The van der Waals surface area contributed by atoms with Crippen LogP contribution in [-0.2, 0) is 0 Å². The molecule has 0 spiro atoms. The lowest BCUT2D eigenvalue weighted by Crippen LogP contribution is -2.49. The Kier molecular flexibility index (Phi) is 7.43. The Morgan fingerprint density at radius 2 is 1.75 bits per heavy atom. The molecule has 2 amide bonds. The topological polar surface area (TPSA) is 82.6 Å². The van der Waals surface area contributed by atoms with E-state index in [-0.39, 0.29) is 6.03 Å². The van der Waals surface area contributed by atoms with Crippen LogP contribution < -0.4 is 20.3 Å². The van der Waals surface area contributed by atoms with Crippen LogP contribution in [0.1, 0.15) is 5.56 Å². The maximum Gasteiger partial charge on any atom is 0.314 e. The first-order valence-electron chi connectivity index (χ1n) is 9.67. The number of urea groups is 1. The van der Waals surface area contributed by atoms with Crippen LogP contribution >= 0.6 is 0 Å². The number of hydrogen-bond donors (Lipinski definition) is 2. The van der Waals surface area contributed by atoms with E-state index in [0.29, 0.717) is 19.7 Å². The molecule has 1 saturated heterocycles. The number of aryl methyl sites for hydroxylation is 1. The maximum absolute atomic E-state index is 11.9. The molecule has 1 aliphatic rings. The van der Waals surface area contributed by atoms with E-state index in [1.54, 1.807) is 12.4 Å². The second-order valence-corrected chi connectivity index (χ2v) is 6.67. The minimum atomic E-state index is -0.162. The molecule has 1 fully saturated rings. The Labute approximate surface area is 165 Å². The Morgan fingerprint density at radius 1 is 1.04 bits per heavy atom. The number of carbonyl (C=O) groups is 1. The van der Waals surface area contributed by atoms with Crippen LogP contribution in [0.2, 0.25) is 0 Å². The van der Waals surface area contributed by atoms with Crippen molar-refractivity contribution in [3.05, 3.63) is 48.3 Å². The standard InChI is InChI=1S/C20H28N6O2/c1-17-5-2-3-6-18(17)28-16-10-24-20(27)23-9-11-25-12-14-26(15-13-25)19-21-7-4-8-22-19/h2-8H,9-16H2,1H3,(H2,23,24,27). The summed E-state index contributed by atoms with van der Waals surface area (Å²) in [5, 5.41) is 5.72. The molecule has 2 N–H and O–H groups in total. The summed E-state index contributed by atoms with van der Waals surface area (Å²) in [6.45, 7) is 8.03. The van der Waals surface area contributed by atoms with E-state index >= 15 is 0 Å². The number of ether oxygens (including phenoxy) is 1. The smallest absolute Gasteiger partial charge is 0.314 e. The molecule has 3 rings (SSSR count). The van der Waals surface area contributed by atoms with Crippen LogP contribution in [-0.4, -0.2) is 73.3 Å². The van der Waals surface area contributed by atoms with Crippen molar-refractivity contribution in [1.82, 2.24) is 25.5 Å². The van der Waals surface area contributed by atoms with Crippen molar-refractivity contribution in [2.45, 2.75) is 6.92 Å². The Balaban J connectivity index is 1.24. The number of nitrogens with one attached hydrogen (secondary N) is 2. The number of hydrogen-bond acceptors (Lipinski definition) is 6. The molecule has 0 atom stereocenters. The van der Waals surface area contributed by atoms with Crippen LogP contribution in [0.15, 0.2) is 42.7 Å². The van der Waals surface area contributed by atoms with E-state index in [9.17, 15) is 4.79 Å². The molecule has 0 saturated carbocycles. The molecule has 1 aliphatic heterocycles. The predicted octanol–water partition coefficient (Wildman–Crippen LogP) is 1.29. The molecule has 0 radical (unpaired) electrons. The van der Waals surface area contributed by atoms with Gasteiger partial charge in [-0.3, -0.25) is 4.90 Å². The normalized spacial score (nSPS) is 14.5. The highest BCUT2D eigenvalue weighted by molar-refractivity contribution is 5.73. The lowest BCUT2D eigenvalue weighted by Gasteiger charge is -2.34. The van der Waals surface area contributed by atoms with Gasteiger partial charge in [0.1, 0.15) is 12.4 Å². The highest BCUT2D eigenvalue weighted by Crippen LogP contribution is 2.15.